The summed E-state index contributed by atoms with van der Waals surface area (Å²) in [5, 5.41) is 0. The Morgan fingerprint density at radius 2 is 1.47 bits per heavy atom. The molecule has 0 aliphatic heterocycles. The van der Waals surface area contributed by atoms with E-state index in [1.807, 2.05) is 58.0 Å². The molecular weight excluding hydrogens is 395 g/mol. The average Bonchev–Trinajstić information content (AvgIpc) is 2.73. The number of hydrogen-bond donors (Lipinski definition) is 0. The van der Waals surface area contributed by atoms with Crippen LogP contribution >= 0.6 is 8.69 Å². The van der Waals surface area contributed by atoms with Crippen molar-refractivity contribution >= 4 is 20.3 Å². The van der Waals surface area contributed by atoms with Crippen LogP contribution in [0.25, 0.3) is 0 Å². The summed E-state index contributed by atoms with van der Waals surface area (Å²) in [6.07, 6.45) is 0.619. The first-order chi connectivity index (χ1) is 14.4. The molecule has 0 aromatic heterocycles. The molecule has 0 atom stereocenters. The predicted octanol–water partition coefficient (Wildman–Crippen LogP) is 6.22. The smallest absolute Gasteiger partial charge is 0.395 e. The largest absolute Gasteiger partial charge is 0.407 e. The molecule has 0 aliphatic carbocycles. The third-order valence-corrected chi connectivity index (χ3v) is 5.59. The van der Waals surface area contributed by atoms with Crippen molar-refractivity contribution < 1.29 is 18.7 Å². The Bertz CT molecular complexity index is 1130. The van der Waals surface area contributed by atoms with Crippen LogP contribution in [0.2, 0.25) is 0 Å². The van der Waals surface area contributed by atoms with Gasteiger partial charge in [0, 0.05) is 16.7 Å². The van der Waals surface area contributed by atoms with E-state index in [0.29, 0.717) is 34.2 Å². The number of carbonyl (C=O) groups excluding carboxylic acids is 2. The molecule has 0 radical (unpaired) electrons. The number of benzene rings is 3. The molecule has 0 fully saturated rings. The molecular formula is C25H23O4P. The SMILES string of the molecule is CCc1cccc(OP=O)c1C(=O)c1c(C)cc(C)c(C(=O)c2ccccc2)c1C. The van der Waals surface area contributed by atoms with Crippen LogP contribution in [-0.2, 0) is 11.0 Å². The van der Waals surface area contributed by atoms with E-state index < -0.39 is 8.69 Å². The van der Waals surface area contributed by atoms with Gasteiger partial charge in [0.1, 0.15) is 5.75 Å². The van der Waals surface area contributed by atoms with E-state index in [1.54, 1.807) is 24.3 Å². The van der Waals surface area contributed by atoms with Gasteiger partial charge < -0.3 is 4.52 Å². The van der Waals surface area contributed by atoms with Gasteiger partial charge >= 0.3 is 8.69 Å². The maximum absolute atomic E-state index is 13.7. The minimum atomic E-state index is -0.524. The summed E-state index contributed by atoms with van der Waals surface area (Å²) < 4.78 is 16.3. The summed E-state index contributed by atoms with van der Waals surface area (Å²) in [5.41, 5.74) is 5.04. The Morgan fingerprint density at radius 1 is 0.833 bits per heavy atom. The van der Waals surface area contributed by atoms with Crippen molar-refractivity contribution in [2.24, 2.45) is 0 Å². The highest BCUT2D eigenvalue weighted by molar-refractivity contribution is 7.17. The van der Waals surface area contributed by atoms with Crippen molar-refractivity contribution in [1.82, 2.24) is 0 Å². The third kappa shape index (κ3) is 3.96. The van der Waals surface area contributed by atoms with Crippen molar-refractivity contribution in [3.63, 3.8) is 0 Å². The first kappa shape index (κ1) is 21.6. The van der Waals surface area contributed by atoms with Crippen LogP contribution in [0.5, 0.6) is 5.75 Å². The van der Waals surface area contributed by atoms with E-state index in [-0.39, 0.29) is 17.3 Å². The fourth-order valence-electron chi connectivity index (χ4n) is 3.99. The Balaban J connectivity index is 2.22. The lowest BCUT2D eigenvalue weighted by Gasteiger charge is -2.18. The van der Waals surface area contributed by atoms with Crippen LogP contribution in [0.1, 0.15) is 61.0 Å². The molecule has 0 N–H and O–H groups in total. The molecule has 3 aromatic rings. The zero-order valence-electron chi connectivity index (χ0n) is 17.5. The minimum absolute atomic E-state index is 0.113. The van der Waals surface area contributed by atoms with Gasteiger partial charge in [-0.15, -0.1) is 0 Å². The van der Waals surface area contributed by atoms with Gasteiger partial charge in [-0.1, -0.05) is 55.5 Å². The Morgan fingerprint density at radius 3 is 2.07 bits per heavy atom. The van der Waals surface area contributed by atoms with Crippen LogP contribution < -0.4 is 4.52 Å². The van der Waals surface area contributed by atoms with Crippen molar-refractivity contribution in [2.75, 3.05) is 0 Å². The highest BCUT2D eigenvalue weighted by Gasteiger charge is 2.26. The molecule has 3 aromatic carbocycles. The second kappa shape index (κ2) is 9.15. The van der Waals surface area contributed by atoms with Crippen LogP contribution in [0, 0.1) is 20.8 Å². The number of ketones is 2. The highest BCUT2D eigenvalue weighted by Crippen LogP contribution is 2.32. The van der Waals surface area contributed by atoms with Gasteiger partial charge in [-0.2, -0.15) is 0 Å². The molecule has 0 spiro atoms. The van der Waals surface area contributed by atoms with Crippen molar-refractivity contribution in [3.8, 4) is 5.75 Å². The second-order valence-corrected chi connectivity index (χ2v) is 7.55. The van der Waals surface area contributed by atoms with E-state index in [1.165, 1.54) is 0 Å². The fraction of sp³-hybridized carbons (Fsp3) is 0.200. The summed E-state index contributed by atoms with van der Waals surface area (Å²) in [7, 11) is -0.524. The molecule has 0 bridgehead atoms. The topological polar surface area (TPSA) is 60.4 Å². The van der Waals surface area contributed by atoms with Gasteiger partial charge in [-0.3, -0.25) is 9.59 Å². The summed E-state index contributed by atoms with van der Waals surface area (Å²) in [5.74, 6) is -0.0764. The second-order valence-electron chi connectivity index (χ2n) is 7.22. The predicted molar refractivity (Wildman–Crippen MR) is 118 cm³/mol. The zero-order valence-corrected chi connectivity index (χ0v) is 18.4. The standard InChI is InChI=1S/C25H23O4P/c1-5-18-12-9-13-20(29-30-28)23(18)25(27)22-16(3)14-15(2)21(17(22)4)24(26)19-10-7-6-8-11-19/h6-14H,5H2,1-4H3. The summed E-state index contributed by atoms with van der Waals surface area (Å²) in [6.45, 7) is 7.51. The van der Waals surface area contributed by atoms with Gasteiger partial charge in [0.15, 0.2) is 11.6 Å². The summed E-state index contributed by atoms with van der Waals surface area (Å²) in [4.78, 5) is 26.9. The molecule has 4 nitrogen and oxygen atoms in total. The van der Waals surface area contributed by atoms with Crippen LogP contribution in [0.15, 0.2) is 54.6 Å². The van der Waals surface area contributed by atoms with E-state index in [4.69, 9.17) is 4.52 Å². The Hall–Kier alpha value is -3.10. The molecule has 3 rings (SSSR count). The van der Waals surface area contributed by atoms with Crippen LogP contribution in [0.4, 0.5) is 0 Å². The third-order valence-electron chi connectivity index (χ3n) is 5.32. The van der Waals surface area contributed by atoms with E-state index in [0.717, 1.165) is 16.7 Å². The quantitative estimate of drug-likeness (QED) is 0.337. The van der Waals surface area contributed by atoms with Gasteiger partial charge in [-0.25, -0.2) is 4.57 Å². The summed E-state index contributed by atoms with van der Waals surface area (Å²) >= 11 is 0. The molecule has 0 unspecified atom stereocenters. The first-order valence-electron chi connectivity index (χ1n) is 9.77. The Kier molecular flexibility index (Phi) is 6.59. The van der Waals surface area contributed by atoms with E-state index >= 15 is 0 Å². The van der Waals surface area contributed by atoms with Gasteiger partial charge in [-0.05, 0) is 55.5 Å². The molecule has 0 heterocycles. The molecule has 0 aliphatic rings. The lowest BCUT2D eigenvalue weighted by atomic mass is 9.85. The number of rotatable bonds is 7. The van der Waals surface area contributed by atoms with Crippen molar-refractivity contribution in [3.05, 3.63) is 99.1 Å². The zero-order chi connectivity index (χ0) is 21.8. The number of carbonyl (C=O) groups is 2. The minimum Gasteiger partial charge on any atom is -0.407 e. The lowest BCUT2D eigenvalue weighted by Crippen LogP contribution is -2.15. The van der Waals surface area contributed by atoms with Crippen molar-refractivity contribution in [1.29, 1.82) is 0 Å². The van der Waals surface area contributed by atoms with E-state index in [2.05, 4.69) is 0 Å². The van der Waals surface area contributed by atoms with Gasteiger partial charge in [0.25, 0.3) is 0 Å². The van der Waals surface area contributed by atoms with Gasteiger partial charge in [0.2, 0.25) is 0 Å². The maximum Gasteiger partial charge on any atom is 0.395 e. The molecule has 0 saturated carbocycles. The highest BCUT2D eigenvalue weighted by atomic mass is 31.1. The normalized spacial score (nSPS) is 10.8. The number of hydrogen-bond acceptors (Lipinski definition) is 4. The molecule has 5 heteroatoms. The molecule has 30 heavy (non-hydrogen) atoms. The molecule has 152 valence electrons. The molecule has 0 saturated heterocycles. The monoisotopic (exact) mass is 418 g/mol. The first-order valence-corrected chi connectivity index (χ1v) is 10.5. The van der Waals surface area contributed by atoms with Crippen LogP contribution in [-0.4, -0.2) is 11.6 Å². The Labute approximate surface area is 178 Å². The summed E-state index contributed by atoms with van der Waals surface area (Å²) in [6, 6.07) is 16.2. The fourth-order valence-corrected chi connectivity index (χ4v) is 4.22. The number of aryl methyl sites for hydroxylation is 3. The molecule has 0 amide bonds. The van der Waals surface area contributed by atoms with Crippen LogP contribution in [0.3, 0.4) is 0 Å². The average molecular weight is 418 g/mol. The lowest BCUT2D eigenvalue weighted by molar-refractivity contribution is 0.103. The van der Waals surface area contributed by atoms with Crippen molar-refractivity contribution in [2.45, 2.75) is 34.1 Å². The maximum atomic E-state index is 13.7. The van der Waals surface area contributed by atoms with E-state index in [9.17, 15) is 14.2 Å². The van der Waals surface area contributed by atoms with Gasteiger partial charge in [0.05, 0.1) is 5.56 Å².